The van der Waals surface area contributed by atoms with Crippen molar-refractivity contribution < 1.29 is 13.2 Å². The van der Waals surface area contributed by atoms with Crippen molar-refractivity contribution in [3.63, 3.8) is 0 Å². The van der Waals surface area contributed by atoms with Crippen molar-refractivity contribution in [2.24, 2.45) is 10.7 Å². The van der Waals surface area contributed by atoms with E-state index in [0.717, 1.165) is 17.7 Å². The van der Waals surface area contributed by atoms with Crippen molar-refractivity contribution in [1.29, 1.82) is 0 Å². The molecule has 2 aromatic rings. The molecule has 0 atom stereocenters. The van der Waals surface area contributed by atoms with Crippen LogP contribution >= 0.6 is 24.0 Å². The Hall–Kier alpha value is -1.85. The Labute approximate surface area is 147 Å². The molecule has 0 aliphatic rings. The lowest BCUT2D eigenvalue weighted by Crippen LogP contribution is -2.22. The molecule has 1 heterocycles. The van der Waals surface area contributed by atoms with Gasteiger partial charge < -0.3 is 11.1 Å². The summed E-state index contributed by atoms with van der Waals surface area (Å²) in [4.78, 5) is 7.23. The van der Waals surface area contributed by atoms with E-state index in [-0.39, 0.29) is 42.3 Å². The van der Waals surface area contributed by atoms with Crippen LogP contribution in [0, 0.1) is 0 Å². The largest absolute Gasteiger partial charge is 0.453 e. The second kappa shape index (κ2) is 8.13. The second-order valence-corrected chi connectivity index (χ2v) is 4.48. The van der Waals surface area contributed by atoms with Gasteiger partial charge in [0.1, 0.15) is 12.4 Å². The summed E-state index contributed by atoms with van der Waals surface area (Å²) < 4.78 is 37.0. The maximum Gasteiger partial charge on any atom is 0.453 e. The number of nitrogens with zero attached hydrogens (tertiary/aromatic N) is 3. The number of hydrogen-bond acceptors (Lipinski definition) is 3. The highest BCUT2D eigenvalue weighted by atomic mass is 127. The van der Waals surface area contributed by atoms with Crippen LogP contribution in [-0.4, -0.2) is 21.1 Å². The Morgan fingerprint density at radius 1 is 1.39 bits per heavy atom. The molecule has 2 rings (SSSR count). The van der Waals surface area contributed by atoms with Crippen LogP contribution in [0.15, 0.2) is 29.3 Å². The summed E-state index contributed by atoms with van der Waals surface area (Å²) in [6.07, 6.45) is -3.70. The number of rotatable bonds is 4. The predicted octanol–water partition coefficient (Wildman–Crippen LogP) is 2.93. The van der Waals surface area contributed by atoms with E-state index in [1.807, 2.05) is 31.2 Å². The number of aromatic amines is 1. The number of benzene rings is 1. The molecule has 0 spiro atoms. The monoisotopic (exact) mass is 440 g/mol. The molecule has 1 aromatic heterocycles. The topological polar surface area (TPSA) is 92.0 Å². The zero-order valence-electron chi connectivity index (χ0n) is 12.2. The van der Waals surface area contributed by atoms with Crippen molar-refractivity contribution in [3.8, 4) is 0 Å². The quantitative estimate of drug-likeness (QED) is 0.388. The van der Waals surface area contributed by atoms with Gasteiger partial charge in [-0.05, 0) is 24.1 Å². The van der Waals surface area contributed by atoms with Crippen molar-refractivity contribution >= 4 is 35.6 Å². The van der Waals surface area contributed by atoms with Gasteiger partial charge in [0.15, 0.2) is 5.96 Å². The minimum atomic E-state index is -4.58. The van der Waals surface area contributed by atoms with Gasteiger partial charge in [-0.1, -0.05) is 19.1 Å². The van der Waals surface area contributed by atoms with Gasteiger partial charge in [0.05, 0.1) is 0 Å². The number of aromatic nitrogens is 3. The fourth-order valence-corrected chi connectivity index (χ4v) is 1.71. The van der Waals surface area contributed by atoms with E-state index >= 15 is 0 Å². The molecule has 6 nitrogen and oxygen atoms in total. The molecule has 23 heavy (non-hydrogen) atoms. The number of aliphatic imine (C=N–C) groups is 1. The smallest absolute Gasteiger partial charge is 0.370 e. The molecule has 0 amide bonds. The van der Waals surface area contributed by atoms with Crippen LogP contribution in [0.5, 0.6) is 0 Å². The third-order valence-electron chi connectivity index (χ3n) is 2.79. The summed E-state index contributed by atoms with van der Waals surface area (Å²) in [7, 11) is 0. The molecular weight excluding hydrogens is 424 g/mol. The number of guanidine groups is 1. The van der Waals surface area contributed by atoms with Crippen LogP contribution in [0.2, 0.25) is 0 Å². The first kappa shape index (κ1) is 19.2. The molecule has 0 bridgehead atoms. The summed E-state index contributed by atoms with van der Waals surface area (Å²) in [6.45, 7) is 1.90. The summed E-state index contributed by atoms with van der Waals surface area (Å²) >= 11 is 0. The summed E-state index contributed by atoms with van der Waals surface area (Å²) in [5, 5.41) is 8.13. The number of H-pyrrole nitrogens is 1. The molecule has 0 radical (unpaired) electrons. The van der Waals surface area contributed by atoms with Gasteiger partial charge >= 0.3 is 6.18 Å². The van der Waals surface area contributed by atoms with Crippen molar-refractivity contribution in [1.82, 2.24) is 15.2 Å². The van der Waals surface area contributed by atoms with Gasteiger partial charge in [-0.3, -0.25) is 5.10 Å². The molecule has 4 N–H and O–H groups in total. The van der Waals surface area contributed by atoms with Crippen LogP contribution in [0.25, 0.3) is 0 Å². The lowest BCUT2D eigenvalue weighted by Gasteiger charge is -2.06. The number of halogens is 4. The predicted molar refractivity (Wildman–Crippen MR) is 91.6 cm³/mol. The van der Waals surface area contributed by atoms with Crippen LogP contribution in [0.3, 0.4) is 0 Å². The van der Waals surface area contributed by atoms with E-state index < -0.39 is 12.0 Å². The average molecular weight is 440 g/mol. The third-order valence-corrected chi connectivity index (χ3v) is 2.79. The molecule has 1 aromatic carbocycles. The molecule has 0 unspecified atom stereocenters. The van der Waals surface area contributed by atoms with Crippen LogP contribution in [0.1, 0.15) is 24.1 Å². The Balaban J connectivity index is 0.00000264. The minimum Gasteiger partial charge on any atom is -0.370 e. The Kier molecular flexibility index (Phi) is 6.79. The Bertz CT molecular complexity index is 668. The Morgan fingerprint density at radius 3 is 2.74 bits per heavy atom. The summed E-state index contributed by atoms with van der Waals surface area (Å²) in [5.74, 6) is -1.16. The second-order valence-electron chi connectivity index (χ2n) is 4.48. The number of aryl methyl sites for hydroxylation is 1. The van der Waals surface area contributed by atoms with Gasteiger partial charge in [0.2, 0.25) is 0 Å². The lowest BCUT2D eigenvalue weighted by atomic mass is 10.1. The first-order chi connectivity index (χ1) is 10.4. The first-order valence-electron chi connectivity index (χ1n) is 6.53. The van der Waals surface area contributed by atoms with E-state index in [9.17, 15) is 13.2 Å². The van der Waals surface area contributed by atoms with Gasteiger partial charge in [-0.15, -0.1) is 29.1 Å². The third kappa shape index (κ3) is 5.69. The molecule has 0 fully saturated rings. The van der Waals surface area contributed by atoms with E-state index in [0.29, 0.717) is 0 Å². The van der Waals surface area contributed by atoms with E-state index in [1.165, 1.54) is 0 Å². The minimum absolute atomic E-state index is 0. The molecule has 0 aliphatic carbocycles. The zero-order chi connectivity index (χ0) is 16.2. The van der Waals surface area contributed by atoms with Gasteiger partial charge in [0.25, 0.3) is 5.82 Å². The molecule has 0 saturated heterocycles. The van der Waals surface area contributed by atoms with Crippen LogP contribution in [0.4, 0.5) is 18.9 Å². The number of nitrogens with one attached hydrogen (secondary N) is 2. The normalized spacial score (nSPS) is 11.9. The molecular formula is C13H16F3IN6. The van der Waals surface area contributed by atoms with Gasteiger partial charge in [0, 0.05) is 5.69 Å². The summed E-state index contributed by atoms with van der Waals surface area (Å²) in [5.41, 5.74) is 7.58. The highest BCUT2D eigenvalue weighted by Crippen LogP contribution is 2.25. The fourth-order valence-electron chi connectivity index (χ4n) is 1.71. The Morgan fingerprint density at radius 2 is 2.13 bits per heavy atom. The van der Waals surface area contributed by atoms with E-state index in [4.69, 9.17) is 5.73 Å². The number of alkyl halides is 3. The van der Waals surface area contributed by atoms with Crippen LogP contribution in [-0.2, 0) is 19.1 Å². The maximum atomic E-state index is 12.3. The number of hydrogen-bond donors (Lipinski definition) is 3. The lowest BCUT2D eigenvalue weighted by molar-refractivity contribution is -0.144. The molecule has 0 aliphatic heterocycles. The van der Waals surface area contributed by atoms with Crippen molar-refractivity contribution in [2.75, 3.05) is 5.32 Å². The molecule has 126 valence electrons. The van der Waals surface area contributed by atoms with E-state index in [2.05, 4.69) is 25.5 Å². The van der Waals surface area contributed by atoms with Gasteiger partial charge in [-0.2, -0.15) is 13.2 Å². The van der Waals surface area contributed by atoms with E-state index in [1.54, 1.807) is 0 Å². The first-order valence-corrected chi connectivity index (χ1v) is 6.53. The van der Waals surface area contributed by atoms with Gasteiger partial charge in [-0.25, -0.2) is 9.98 Å². The highest BCUT2D eigenvalue weighted by Gasteiger charge is 2.35. The highest BCUT2D eigenvalue weighted by molar-refractivity contribution is 14.0. The van der Waals surface area contributed by atoms with Crippen molar-refractivity contribution in [2.45, 2.75) is 26.1 Å². The maximum absolute atomic E-state index is 12.3. The molecule has 10 heteroatoms. The summed E-state index contributed by atoms with van der Waals surface area (Å²) in [6, 6.07) is 7.59. The zero-order valence-corrected chi connectivity index (χ0v) is 14.5. The fraction of sp³-hybridized carbons (Fsp3) is 0.308. The average Bonchev–Trinajstić information content (AvgIpc) is 2.94. The SMILES string of the molecule is CCc1cccc(NC(N)=NCc2nc(C(F)(F)F)n[nH]2)c1.I. The number of nitrogens with two attached hydrogens (primary N) is 1. The molecule has 0 saturated carbocycles. The standard InChI is InChI=1S/C13H15F3N6.HI/c1-2-8-4-3-5-9(6-8)19-12(17)18-7-10-20-11(22-21-10)13(14,15)16;/h3-6H,2,7H2,1H3,(H3,17,18,19)(H,20,21,22);1H. The van der Waals surface area contributed by atoms with Crippen LogP contribution < -0.4 is 11.1 Å². The number of anilines is 1. The van der Waals surface area contributed by atoms with Crippen molar-refractivity contribution in [3.05, 3.63) is 41.5 Å².